The molecule has 24 heavy (non-hydrogen) atoms. The van der Waals surface area contributed by atoms with Crippen LogP contribution < -0.4 is 10.9 Å². The number of halogens is 2. The van der Waals surface area contributed by atoms with Crippen molar-refractivity contribution in [2.24, 2.45) is 0 Å². The number of carbonyl (C=O) groups is 2. The van der Waals surface area contributed by atoms with Crippen LogP contribution in [-0.2, 0) is 10.2 Å². The first-order valence-corrected chi connectivity index (χ1v) is 7.64. The van der Waals surface area contributed by atoms with Gasteiger partial charge in [-0.1, -0.05) is 18.6 Å². The van der Waals surface area contributed by atoms with E-state index < -0.39 is 17.1 Å². The highest BCUT2D eigenvalue weighted by Gasteiger charge is 2.45. The Morgan fingerprint density at radius 2 is 1.38 bits per heavy atom. The molecule has 6 heteroatoms. The molecule has 0 radical (unpaired) electrons. The number of hydrazine groups is 1. The minimum Gasteiger partial charge on any atom is -0.272 e. The highest BCUT2D eigenvalue weighted by molar-refractivity contribution is 5.97. The van der Waals surface area contributed by atoms with Crippen molar-refractivity contribution in [3.8, 4) is 0 Å². The lowest BCUT2D eigenvalue weighted by molar-refractivity contribution is -0.130. The zero-order chi connectivity index (χ0) is 17.2. The summed E-state index contributed by atoms with van der Waals surface area (Å²) in [6.45, 7) is 0. The van der Waals surface area contributed by atoms with Gasteiger partial charge in [0.05, 0.1) is 5.41 Å². The Bertz CT molecular complexity index is 754. The van der Waals surface area contributed by atoms with E-state index in [4.69, 9.17) is 0 Å². The van der Waals surface area contributed by atoms with Crippen LogP contribution in [0.2, 0.25) is 0 Å². The molecular weight excluding hydrogens is 314 g/mol. The van der Waals surface area contributed by atoms with E-state index in [2.05, 4.69) is 10.9 Å². The van der Waals surface area contributed by atoms with E-state index in [1.165, 1.54) is 36.4 Å². The summed E-state index contributed by atoms with van der Waals surface area (Å²) >= 11 is 0. The molecule has 1 aliphatic carbocycles. The van der Waals surface area contributed by atoms with E-state index in [1.54, 1.807) is 12.1 Å². The minimum absolute atomic E-state index is 0.237. The van der Waals surface area contributed by atoms with Crippen LogP contribution in [0.15, 0.2) is 48.5 Å². The van der Waals surface area contributed by atoms with Crippen LogP contribution in [0.4, 0.5) is 8.78 Å². The Balaban J connectivity index is 1.68. The van der Waals surface area contributed by atoms with Crippen molar-refractivity contribution in [2.45, 2.75) is 24.7 Å². The Morgan fingerprint density at radius 1 is 0.833 bits per heavy atom. The quantitative estimate of drug-likeness (QED) is 0.850. The molecule has 3 rings (SSSR count). The van der Waals surface area contributed by atoms with Gasteiger partial charge in [0.1, 0.15) is 11.6 Å². The topological polar surface area (TPSA) is 58.2 Å². The lowest BCUT2D eigenvalue weighted by Gasteiger charge is -2.40. The van der Waals surface area contributed by atoms with Gasteiger partial charge in [-0.3, -0.25) is 20.4 Å². The summed E-state index contributed by atoms with van der Waals surface area (Å²) < 4.78 is 25.9. The largest absolute Gasteiger partial charge is 0.272 e. The van der Waals surface area contributed by atoms with Crippen molar-refractivity contribution in [3.05, 3.63) is 71.3 Å². The Morgan fingerprint density at radius 3 is 1.88 bits per heavy atom. The third-order valence-electron chi connectivity index (χ3n) is 4.43. The molecule has 2 N–H and O–H groups in total. The fourth-order valence-corrected chi connectivity index (χ4v) is 2.85. The fourth-order valence-electron chi connectivity index (χ4n) is 2.85. The van der Waals surface area contributed by atoms with Crippen LogP contribution >= 0.6 is 0 Å². The van der Waals surface area contributed by atoms with Gasteiger partial charge in [-0.25, -0.2) is 8.78 Å². The zero-order valence-electron chi connectivity index (χ0n) is 12.8. The number of hydrogen-bond donors (Lipinski definition) is 2. The minimum atomic E-state index is -0.746. The van der Waals surface area contributed by atoms with Gasteiger partial charge in [-0.15, -0.1) is 0 Å². The second-order valence-electron chi connectivity index (χ2n) is 5.86. The molecule has 1 fully saturated rings. The summed E-state index contributed by atoms with van der Waals surface area (Å²) in [4.78, 5) is 24.5. The number of carbonyl (C=O) groups excluding carboxylic acids is 2. The smallest absolute Gasteiger partial charge is 0.269 e. The van der Waals surface area contributed by atoms with Crippen molar-refractivity contribution >= 4 is 11.8 Å². The van der Waals surface area contributed by atoms with Gasteiger partial charge in [-0.05, 0) is 54.8 Å². The maximum absolute atomic E-state index is 13.1. The van der Waals surface area contributed by atoms with E-state index in [9.17, 15) is 18.4 Å². The summed E-state index contributed by atoms with van der Waals surface area (Å²) in [6.07, 6.45) is 2.16. The van der Waals surface area contributed by atoms with E-state index in [0.29, 0.717) is 12.8 Å². The molecule has 0 aromatic heterocycles. The third-order valence-corrected chi connectivity index (χ3v) is 4.43. The molecule has 0 atom stereocenters. The monoisotopic (exact) mass is 330 g/mol. The molecule has 0 heterocycles. The molecule has 2 amide bonds. The van der Waals surface area contributed by atoms with Crippen molar-refractivity contribution < 1.29 is 18.4 Å². The fraction of sp³-hybridized carbons (Fsp3) is 0.222. The van der Waals surface area contributed by atoms with Crippen molar-refractivity contribution in [1.29, 1.82) is 0 Å². The predicted molar refractivity (Wildman–Crippen MR) is 83.9 cm³/mol. The molecule has 0 aliphatic heterocycles. The number of amides is 2. The molecule has 2 aromatic carbocycles. The van der Waals surface area contributed by atoms with E-state index in [-0.39, 0.29) is 17.3 Å². The molecule has 4 nitrogen and oxygen atoms in total. The van der Waals surface area contributed by atoms with E-state index in [0.717, 1.165) is 12.0 Å². The Hall–Kier alpha value is -2.76. The van der Waals surface area contributed by atoms with Gasteiger partial charge >= 0.3 is 0 Å². The standard InChI is InChI=1S/C18H16F2N2O2/c19-14-6-2-12(3-7-14)16(23)21-22-17(24)18(10-1-11-18)13-4-8-15(20)9-5-13/h2-9H,1,10-11H2,(H,21,23)(H,22,24). The summed E-state index contributed by atoms with van der Waals surface area (Å²) in [5, 5.41) is 0. The lowest BCUT2D eigenvalue weighted by Crippen LogP contribution is -2.54. The first kappa shape index (κ1) is 16.1. The normalized spacial score (nSPS) is 15.2. The maximum Gasteiger partial charge on any atom is 0.269 e. The summed E-state index contributed by atoms with van der Waals surface area (Å²) in [5.41, 5.74) is 4.98. The Kier molecular flexibility index (Phi) is 4.29. The molecule has 1 aliphatic rings. The summed E-state index contributed by atoms with van der Waals surface area (Å²) in [6, 6.07) is 10.8. The number of hydrogen-bond acceptors (Lipinski definition) is 2. The second-order valence-corrected chi connectivity index (χ2v) is 5.86. The molecular formula is C18H16F2N2O2. The third kappa shape index (κ3) is 2.99. The molecule has 0 spiro atoms. The lowest BCUT2D eigenvalue weighted by atomic mass is 9.64. The van der Waals surface area contributed by atoms with Gasteiger partial charge in [0, 0.05) is 5.56 Å². The predicted octanol–water partition coefficient (Wildman–Crippen LogP) is 2.85. The summed E-state index contributed by atoms with van der Waals surface area (Å²) in [5.74, 6) is -1.67. The second kappa shape index (κ2) is 6.39. The number of rotatable bonds is 3. The van der Waals surface area contributed by atoms with Crippen LogP contribution in [0.3, 0.4) is 0 Å². The van der Waals surface area contributed by atoms with E-state index >= 15 is 0 Å². The van der Waals surface area contributed by atoms with Crippen LogP contribution in [-0.4, -0.2) is 11.8 Å². The molecule has 0 unspecified atom stereocenters. The molecule has 124 valence electrons. The maximum atomic E-state index is 13.1. The molecule has 1 saturated carbocycles. The highest BCUT2D eigenvalue weighted by Crippen LogP contribution is 2.43. The Labute approximate surface area is 137 Å². The van der Waals surface area contributed by atoms with Gasteiger partial charge in [0.2, 0.25) is 5.91 Å². The highest BCUT2D eigenvalue weighted by atomic mass is 19.1. The SMILES string of the molecule is O=C(NNC(=O)C1(c2ccc(F)cc2)CCC1)c1ccc(F)cc1. The van der Waals surface area contributed by atoms with Crippen molar-refractivity contribution in [3.63, 3.8) is 0 Å². The van der Waals surface area contributed by atoms with Gasteiger partial charge in [-0.2, -0.15) is 0 Å². The zero-order valence-corrected chi connectivity index (χ0v) is 12.8. The van der Waals surface area contributed by atoms with Gasteiger partial charge in [0.25, 0.3) is 5.91 Å². The van der Waals surface area contributed by atoms with Crippen LogP contribution in [0.5, 0.6) is 0 Å². The molecule has 0 saturated heterocycles. The van der Waals surface area contributed by atoms with Gasteiger partial charge < -0.3 is 0 Å². The van der Waals surface area contributed by atoms with Crippen molar-refractivity contribution in [1.82, 2.24) is 10.9 Å². The van der Waals surface area contributed by atoms with Crippen molar-refractivity contribution in [2.75, 3.05) is 0 Å². The molecule has 0 bridgehead atoms. The summed E-state index contributed by atoms with van der Waals surface area (Å²) in [7, 11) is 0. The average Bonchev–Trinajstić information content (AvgIpc) is 2.54. The first-order chi connectivity index (χ1) is 11.5. The van der Waals surface area contributed by atoms with Crippen LogP contribution in [0, 0.1) is 11.6 Å². The molecule has 2 aromatic rings. The average molecular weight is 330 g/mol. The number of nitrogens with one attached hydrogen (secondary N) is 2. The van der Waals surface area contributed by atoms with Crippen LogP contribution in [0.1, 0.15) is 35.2 Å². The first-order valence-electron chi connectivity index (χ1n) is 7.64. The van der Waals surface area contributed by atoms with Crippen LogP contribution in [0.25, 0.3) is 0 Å². The number of benzene rings is 2. The van der Waals surface area contributed by atoms with E-state index in [1.807, 2.05) is 0 Å². The van der Waals surface area contributed by atoms with Gasteiger partial charge in [0.15, 0.2) is 0 Å².